The summed E-state index contributed by atoms with van der Waals surface area (Å²) in [5.41, 5.74) is 4.34. The third-order valence-corrected chi connectivity index (χ3v) is 12.9. The standard InChI is InChI=1S/C49H58N4O9/c1-3-24-60-49-45(53(48(56)35-14-11-33(30-50)12-15-35)31-34-13-17-43-44(26-34)59-32-58-43)29-41(51-61-4-2)39-27-36(9-5-7-22-54)38(10-6-8-23-55)46(47(39)49)40-28-37(16-18-42(40)62-49)57-25-21-52-19-20-52/h3,11-18,26-28,36,38,45-47,54-55H,1,4-10,19-25,29,31-32H2,2H3/t36-,38+,45-,46+,47+,49+/m0/s1. The van der Waals surface area contributed by atoms with Crippen molar-refractivity contribution in [3.8, 4) is 29.1 Å². The van der Waals surface area contributed by atoms with Crippen LogP contribution in [0, 0.1) is 29.1 Å². The second-order valence-electron chi connectivity index (χ2n) is 16.7. The highest BCUT2D eigenvalue weighted by molar-refractivity contribution is 6.03. The minimum absolute atomic E-state index is 0.0693. The molecule has 0 radical (unpaired) electrons. The molecule has 0 bridgehead atoms. The molecule has 3 aromatic rings. The van der Waals surface area contributed by atoms with Gasteiger partial charge < -0.3 is 43.6 Å². The van der Waals surface area contributed by atoms with E-state index in [0.717, 1.165) is 67.8 Å². The van der Waals surface area contributed by atoms with E-state index in [2.05, 4.69) is 29.7 Å². The minimum Gasteiger partial charge on any atom is -0.492 e. The lowest BCUT2D eigenvalue weighted by Gasteiger charge is -2.60. The normalized spacial score (nSPS) is 24.8. The van der Waals surface area contributed by atoms with Crippen LogP contribution in [0.25, 0.3) is 0 Å². The molecule has 13 nitrogen and oxygen atoms in total. The summed E-state index contributed by atoms with van der Waals surface area (Å²) in [6.07, 6.45) is 8.95. The molecule has 6 atom stereocenters. The van der Waals surface area contributed by atoms with Gasteiger partial charge in [0.15, 0.2) is 11.5 Å². The molecule has 2 fully saturated rings. The number of aliphatic hydroxyl groups excluding tert-OH is 2. The molecule has 0 unspecified atom stereocenters. The van der Waals surface area contributed by atoms with Gasteiger partial charge in [0.1, 0.15) is 30.8 Å². The first kappa shape index (κ1) is 43.3. The zero-order chi connectivity index (χ0) is 43.1. The Morgan fingerprint density at radius 2 is 1.79 bits per heavy atom. The average Bonchev–Trinajstić information content (AvgIpc) is 4.01. The van der Waals surface area contributed by atoms with E-state index in [4.69, 9.17) is 33.7 Å². The number of fused-ring (bicyclic) bond motifs is 3. The number of rotatable bonds is 21. The average molecular weight is 847 g/mol. The van der Waals surface area contributed by atoms with E-state index in [-0.39, 0.29) is 63.2 Å². The number of amides is 1. The second-order valence-corrected chi connectivity index (χ2v) is 16.7. The number of hydrogen-bond donors (Lipinski definition) is 2. The Labute approximate surface area is 364 Å². The highest BCUT2D eigenvalue weighted by Crippen LogP contribution is 2.62. The molecule has 2 aliphatic carbocycles. The van der Waals surface area contributed by atoms with Gasteiger partial charge in [-0.05, 0) is 110 Å². The molecule has 8 rings (SSSR count). The van der Waals surface area contributed by atoms with Gasteiger partial charge in [-0.1, -0.05) is 36.2 Å². The summed E-state index contributed by atoms with van der Waals surface area (Å²) in [6, 6.07) is 19.8. The van der Waals surface area contributed by atoms with E-state index >= 15 is 4.79 Å². The van der Waals surface area contributed by atoms with Gasteiger partial charge in [-0.2, -0.15) is 5.26 Å². The van der Waals surface area contributed by atoms with Crippen molar-refractivity contribution >= 4 is 11.6 Å². The third-order valence-electron chi connectivity index (χ3n) is 12.9. The number of carbonyl (C=O) groups is 1. The highest BCUT2D eigenvalue weighted by Gasteiger charge is 2.65. The van der Waals surface area contributed by atoms with Crippen molar-refractivity contribution in [3.63, 3.8) is 0 Å². The number of ether oxygens (including phenoxy) is 5. The van der Waals surface area contributed by atoms with Crippen LogP contribution >= 0.6 is 0 Å². The van der Waals surface area contributed by atoms with Crippen molar-refractivity contribution in [3.05, 3.63) is 107 Å². The lowest BCUT2D eigenvalue weighted by atomic mass is 9.55. The second kappa shape index (κ2) is 19.8. The van der Waals surface area contributed by atoms with Crippen LogP contribution in [-0.2, 0) is 16.1 Å². The van der Waals surface area contributed by atoms with Crippen LogP contribution in [0.2, 0.25) is 0 Å². The van der Waals surface area contributed by atoms with E-state index in [1.54, 1.807) is 30.3 Å². The van der Waals surface area contributed by atoms with Crippen molar-refractivity contribution in [2.75, 3.05) is 59.5 Å². The lowest BCUT2D eigenvalue weighted by Crippen LogP contribution is -2.70. The monoisotopic (exact) mass is 846 g/mol. The Morgan fingerprint density at radius 3 is 2.53 bits per heavy atom. The van der Waals surface area contributed by atoms with E-state index in [1.165, 1.54) is 0 Å². The molecule has 2 N–H and O–H groups in total. The fourth-order valence-corrected chi connectivity index (χ4v) is 9.88. The Morgan fingerprint density at radius 1 is 1.02 bits per heavy atom. The van der Waals surface area contributed by atoms with Crippen LogP contribution in [0.5, 0.6) is 23.0 Å². The molecule has 62 heavy (non-hydrogen) atoms. The molecular formula is C49H58N4O9. The smallest absolute Gasteiger partial charge is 0.254 e. The summed E-state index contributed by atoms with van der Waals surface area (Å²) >= 11 is 0. The summed E-state index contributed by atoms with van der Waals surface area (Å²) < 4.78 is 32.4. The number of aliphatic hydroxyl groups is 2. The number of hydrogen-bond acceptors (Lipinski definition) is 12. The predicted molar refractivity (Wildman–Crippen MR) is 232 cm³/mol. The first-order valence-corrected chi connectivity index (χ1v) is 22.2. The molecule has 3 heterocycles. The van der Waals surface area contributed by atoms with E-state index in [0.29, 0.717) is 60.1 Å². The number of nitrogens with zero attached hydrogens (tertiary/aromatic N) is 4. The number of unbranched alkanes of at least 4 members (excludes halogenated alkanes) is 2. The maximum atomic E-state index is 15.3. The number of nitriles is 1. The summed E-state index contributed by atoms with van der Waals surface area (Å²) in [4.78, 5) is 25.4. The molecule has 0 aromatic heterocycles. The molecule has 3 aliphatic heterocycles. The first-order valence-electron chi connectivity index (χ1n) is 22.2. The zero-order valence-corrected chi connectivity index (χ0v) is 35.6. The van der Waals surface area contributed by atoms with Crippen molar-refractivity contribution in [1.29, 1.82) is 5.26 Å². The van der Waals surface area contributed by atoms with Crippen LogP contribution in [0.15, 0.2) is 90.1 Å². The van der Waals surface area contributed by atoms with Crippen LogP contribution in [-0.4, -0.2) is 103 Å². The molecule has 5 aliphatic rings. The summed E-state index contributed by atoms with van der Waals surface area (Å²) in [5, 5.41) is 34.4. The van der Waals surface area contributed by atoms with Crippen LogP contribution in [0.1, 0.15) is 84.8 Å². The minimum atomic E-state index is -1.45. The van der Waals surface area contributed by atoms with Crippen molar-refractivity contribution in [2.45, 2.75) is 76.2 Å². The van der Waals surface area contributed by atoms with Gasteiger partial charge in [0, 0.05) is 62.9 Å². The fraction of sp³-hybridized carbons (Fsp3) is 0.490. The maximum Gasteiger partial charge on any atom is 0.254 e. The van der Waals surface area contributed by atoms with Crippen molar-refractivity contribution in [2.24, 2.45) is 22.9 Å². The van der Waals surface area contributed by atoms with Crippen LogP contribution in [0.3, 0.4) is 0 Å². The molecule has 0 spiro atoms. The number of benzene rings is 3. The number of oxime groups is 1. The molecule has 1 saturated carbocycles. The molecule has 13 heteroatoms. The van der Waals surface area contributed by atoms with E-state index < -0.39 is 17.7 Å². The predicted octanol–water partition coefficient (Wildman–Crippen LogP) is 6.98. The fourth-order valence-electron chi connectivity index (χ4n) is 9.88. The molecular weight excluding hydrogens is 789 g/mol. The van der Waals surface area contributed by atoms with Gasteiger partial charge in [-0.15, -0.1) is 6.58 Å². The molecule has 3 aromatic carbocycles. The van der Waals surface area contributed by atoms with E-state index in [9.17, 15) is 15.5 Å². The maximum absolute atomic E-state index is 15.3. The van der Waals surface area contributed by atoms with Gasteiger partial charge in [-0.3, -0.25) is 9.69 Å². The van der Waals surface area contributed by atoms with Gasteiger partial charge in [0.05, 0.1) is 29.9 Å². The Kier molecular flexibility index (Phi) is 13.8. The summed E-state index contributed by atoms with van der Waals surface area (Å²) in [5.74, 6) is 0.417. The Balaban J connectivity index is 1.33. The van der Waals surface area contributed by atoms with Gasteiger partial charge in [-0.25, -0.2) is 0 Å². The summed E-state index contributed by atoms with van der Waals surface area (Å²) in [7, 11) is 0. The molecule has 328 valence electrons. The zero-order valence-electron chi connectivity index (χ0n) is 35.6. The van der Waals surface area contributed by atoms with Crippen LogP contribution < -0.4 is 18.9 Å². The molecule has 1 amide bonds. The highest BCUT2D eigenvalue weighted by atomic mass is 16.7. The first-order chi connectivity index (χ1) is 30.4. The van der Waals surface area contributed by atoms with Gasteiger partial charge >= 0.3 is 0 Å². The summed E-state index contributed by atoms with van der Waals surface area (Å²) in [6.45, 7) is 10.5. The largest absolute Gasteiger partial charge is 0.492 e. The van der Waals surface area contributed by atoms with E-state index in [1.807, 2.05) is 42.2 Å². The topological polar surface area (TPSA) is 155 Å². The number of allylic oxidation sites excluding steroid dienone is 1. The molecule has 1 saturated heterocycles. The Hall–Kier alpha value is -5.39. The van der Waals surface area contributed by atoms with Gasteiger partial charge in [0.2, 0.25) is 12.6 Å². The van der Waals surface area contributed by atoms with Gasteiger partial charge in [0.25, 0.3) is 5.91 Å². The van der Waals surface area contributed by atoms with Crippen molar-refractivity contribution < 1.29 is 43.5 Å². The third kappa shape index (κ3) is 9.06. The Bertz CT molecular complexity index is 2160. The van der Waals surface area contributed by atoms with Crippen LogP contribution in [0.4, 0.5) is 0 Å². The number of carbonyl (C=O) groups excluding carboxylic acids is 1. The lowest BCUT2D eigenvalue weighted by molar-refractivity contribution is -0.255. The quantitative estimate of drug-likeness (QED) is 0.0494. The van der Waals surface area contributed by atoms with Crippen molar-refractivity contribution in [1.82, 2.24) is 9.80 Å². The SMILES string of the molecule is C=CCO[C@@]12Oc3ccc(OCCN4CC4)cc3[C@H]3[C@H](CCCCO)[C@@H](CCCCO)C=C(C(=NOCC)C[C@@H]1N(Cc1ccc4c(c1)OCO4)C(=O)c1ccc(C#N)cc1)[C@H]32.